The van der Waals surface area contributed by atoms with Gasteiger partial charge in [-0.25, -0.2) is 9.97 Å². The van der Waals surface area contributed by atoms with Crippen LogP contribution in [0.15, 0.2) is 54.9 Å². The molecule has 4 rings (SSSR count). The minimum atomic E-state index is -0.510. The van der Waals surface area contributed by atoms with Crippen LogP contribution in [0.5, 0.6) is 0 Å². The number of nitrogens with one attached hydrogen (secondary N) is 1. The summed E-state index contributed by atoms with van der Waals surface area (Å²) in [6, 6.07) is 13.4. The summed E-state index contributed by atoms with van der Waals surface area (Å²) in [5, 5.41) is 3.21. The fourth-order valence-corrected chi connectivity index (χ4v) is 2.83. The summed E-state index contributed by atoms with van der Waals surface area (Å²) in [6.07, 6.45) is 3.38. The molecule has 0 radical (unpaired) electrons. The molecule has 0 fully saturated rings. The van der Waals surface area contributed by atoms with Crippen LogP contribution < -0.4 is 11.1 Å². The third-order valence-corrected chi connectivity index (χ3v) is 4.08. The van der Waals surface area contributed by atoms with Crippen molar-refractivity contribution in [1.82, 2.24) is 24.3 Å². The monoisotopic (exact) mass is 359 g/mol. The molecule has 0 aliphatic heterocycles. The number of nitrogens with zero attached hydrogens (tertiary/aromatic N) is 5. The van der Waals surface area contributed by atoms with Gasteiger partial charge in [-0.05, 0) is 24.6 Å². The predicted molar refractivity (Wildman–Crippen MR) is 101 cm³/mol. The van der Waals surface area contributed by atoms with Crippen LogP contribution in [-0.4, -0.2) is 30.2 Å². The summed E-state index contributed by atoms with van der Waals surface area (Å²) in [7, 11) is 0. The van der Waals surface area contributed by atoms with Gasteiger partial charge < -0.3 is 11.1 Å². The Kier molecular flexibility index (Phi) is 4.21. The quantitative estimate of drug-likeness (QED) is 0.565. The lowest BCUT2D eigenvalue weighted by Gasteiger charge is -2.08. The van der Waals surface area contributed by atoms with Gasteiger partial charge in [0.05, 0.1) is 17.3 Å². The van der Waals surface area contributed by atoms with Crippen molar-refractivity contribution in [3.63, 3.8) is 0 Å². The lowest BCUT2D eigenvalue weighted by molar-refractivity contribution is 0.100. The lowest BCUT2D eigenvalue weighted by Crippen LogP contribution is -2.12. The predicted octanol–water partition coefficient (Wildman–Crippen LogP) is 2.21. The number of amides is 1. The molecule has 0 saturated carbocycles. The Morgan fingerprint density at radius 1 is 1.11 bits per heavy atom. The third-order valence-electron chi connectivity index (χ3n) is 4.08. The fourth-order valence-electron chi connectivity index (χ4n) is 2.83. The highest BCUT2D eigenvalue weighted by molar-refractivity contribution is 5.99. The van der Waals surface area contributed by atoms with E-state index in [1.54, 1.807) is 35.9 Å². The number of aryl methyl sites for hydroxylation is 1. The van der Waals surface area contributed by atoms with E-state index in [0.29, 0.717) is 41.0 Å². The van der Waals surface area contributed by atoms with Crippen molar-refractivity contribution in [3.05, 3.63) is 71.8 Å². The number of hydrogen-bond donors (Lipinski definition) is 2. The maximum Gasteiger partial charge on any atom is 0.250 e. The zero-order chi connectivity index (χ0) is 18.8. The molecule has 3 heterocycles. The molecule has 0 aliphatic rings. The van der Waals surface area contributed by atoms with Gasteiger partial charge in [0.25, 0.3) is 5.91 Å². The number of nitrogens with two attached hydrogens (primary N) is 1. The summed E-state index contributed by atoms with van der Waals surface area (Å²) < 4.78 is 1.75. The fraction of sp³-hybridized carbons (Fsp3) is 0.105. The summed E-state index contributed by atoms with van der Waals surface area (Å²) in [4.78, 5) is 29.2. The number of carbonyl (C=O) groups is 1. The number of benzene rings is 1. The molecule has 0 bridgehead atoms. The zero-order valence-corrected chi connectivity index (χ0v) is 14.6. The Hall–Kier alpha value is -3.81. The molecule has 0 saturated heterocycles. The molecule has 1 amide bonds. The molecule has 3 N–H and O–H groups in total. The summed E-state index contributed by atoms with van der Waals surface area (Å²) in [5.41, 5.74) is 7.56. The molecule has 8 heteroatoms. The van der Waals surface area contributed by atoms with Crippen molar-refractivity contribution in [2.45, 2.75) is 13.5 Å². The SMILES string of the molecule is Cc1nc(NCc2ccccc2)nc(-c2ncc3c(C(N)=O)cccn23)n1. The number of imidazole rings is 1. The number of aromatic nitrogens is 5. The molecule has 1 aromatic carbocycles. The first-order valence-corrected chi connectivity index (χ1v) is 8.38. The van der Waals surface area contributed by atoms with Gasteiger partial charge in [-0.2, -0.15) is 9.97 Å². The van der Waals surface area contributed by atoms with Crippen LogP contribution in [-0.2, 0) is 6.54 Å². The molecule has 0 aliphatic carbocycles. The largest absolute Gasteiger partial charge is 0.366 e. The van der Waals surface area contributed by atoms with Crippen molar-refractivity contribution in [2.24, 2.45) is 5.73 Å². The molecule has 3 aromatic heterocycles. The second-order valence-electron chi connectivity index (χ2n) is 5.99. The van der Waals surface area contributed by atoms with Gasteiger partial charge in [0.15, 0.2) is 5.82 Å². The second-order valence-corrected chi connectivity index (χ2v) is 5.99. The van der Waals surface area contributed by atoms with Gasteiger partial charge in [0.2, 0.25) is 11.8 Å². The summed E-state index contributed by atoms with van der Waals surface area (Å²) >= 11 is 0. The van der Waals surface area contributed by atoms with Gasteiger partial charge in [0, 0.05) is 12.7 Å². The van der Waals surface area contributed by atoms with E-state index in [-0.39, 0.29) is 0 Å². The Morgan fingerprint density at radius 2 is 1.93 bits per heavy atom. The normalized spacial score (nSPS) is 10.9. The number of fused-ring (bicyclic) bond motifs is 1. The maximum atomic E-state index is 11.6. The first-order valence-electron chi connectivity index (χ1n) is 8.38. The van der Waals surface area contributed by atoms with Crippen molar-refractivity contribution in [1.29, 1.82) is 0 Å². The van der Waals surface area contributed by atoms with Gasteiger partial charge >= 0.3 is 0 Å². The van der Waals surface area contributed by atoms with Crippen molar-refractivity contribution in [2.75, 3.05) is 5.32 Å². The van der Waals surface area contributed by atoms with Crippen molar-refractivity contribution >= 4 is 17.4 Å². The topological polar surface area (TPSA) is 111 Å². The highest BCUT2D eigenvalue weighted by atomic mass is 16.1. The third kappa shape index (κ3) is 3.32. The lowest BCUT2D eigenvalue weighted by atomic mass is 10.2. The number of carbonyl (C=O) groups excluding carboxylic acids is 1. The van der Waals surface area contributed by atoms with E-state index in [9.17, 15) is 4.79 Å². The first kappa shape index (κ1) is 16.6. The van der Waals surface area contributed by atoms with Crippen LogP contribution in [0.2, 0.25) is 0 Å². The molecule has 4 aromatic rings. The van der Waals surface area contributed by atoms with Gasteiger partial charge in [0.1, 0.15) is 5.82 Å². The highest BCUT2D eigenvalue weighted by Gasteiger charge is 2.15. The Bertz CT molecular complexity index is 1120. The van der Waals surface area contributed by atoms with E-state index in [0.717, 1.165) is 5.56 Å². The van der Waals surface area contributed by atoms with E-state index in [4.69, 9.17) is 5.73 Å². The van der Waals surface area contributed by atoms with Crippen molar-refractivity contribution in [3.8, 4) is 11.6 Å². The first-order chi connectivity index (χ1) is 13.1. The number of pyridine rings is 1. The van der Waals surface area contributed by atoms with Crippen molar-refractivity contribution < 1.29 is 4.79 Å². The minimum Gasteiger partial charge on any atom is -0.366 e. The summed E-state index contributed by atoms with van der Waals surface area (Å²) in [5.74, 6) is 1.45. The number of anilines is 1. The Labute approximate surface area is 155 Å². The standard InChI is InChI=1S/C19H17N7O/c1-12-23-17(25-19(24-12)22-10-13-6-3-2-4-7-13)18-21-11-15-14(16(20)27)8-5-9-26(15)18/h2-9,11H,10H2,1H3,(H2,20,27)(H,22,23,24,25). The molecule has 27 heavy (non-hydrogen) atoms. The Morgan fingerprint density at radius 3 is 2.70 bits per heavy atom. The number of hydrogen-bond acceptors (Lipinski definition) is 6. The van der Waals surface area contributed by atoms with E-state index >= 15 is 0 Å². The van der Waals surface area contributed by atoms with Crippen LogP contribution in [0.4, 0.5) is 5.95 Å². The molecule has 8 nitrogen and oxygen atoms in total. The van der Waals surface area contributed by atoms with Crippen LogP contribution >= 0.6 is 0 Å². The number of primary amides is 1. The van der Waals surface area contributed by atoms with E-state index in [1.165, 1.54) is 0 Å². The molecular weight excluding hydrogens is 342 g/mol. The van der Waals surface area contributed by atoms with Gasteiger partial charge in [-0.1, -0.05) is 30.3 Å². The van der Waals surface area contributed by atoms with Crippen LogP contribution in [0.1, 0.15) is 21.7 Å². The molecular formula is C19H17N7O. The van der Waals surface area contributed by atoms with E-state index in [1.807, 2.05) is 30.3 Å². The summed E-state index contributed by atoms with van der Waals surface area (Å²) in [6.45, 7) is 2.39. The molecule has 134 valence electrons. The van der Waals surface area contributed by atoms with E-state index in [2.05, 4.69) is 25.3 Å². The average molecular weight is 359 g/mol. The van der Waals surface area contributed by atoms with Crippen LogP contribution in [0.25, 0.3) is 17.2 Å². The van der Waals surface area contributed by atoms with Gasteiger partial charge in [-0.15, -0.1) is 0 Å². The zero-order valence-electron chi connectivity index (χ0n) is 14.6. The average Bonchev–Trinajstić information content (AvgIpc) is 3.11. The molecule has 0 unspecified atom stereocenters. The van der Waals surface area contributed by atoms with Crippen LogP contribution in [0.3, 0.4) is 0 Å². The Balaban J connectivity index is 1.70. The maximum absolute atomic E-state index is 11.6. The second kappa shape index (κ2) is 6.83. The van der Waals surface area contributed by atoms with Gasteiger partial charge in [-0.3, -0.25) is 9.20 Å². The van der Waals surface area contributed by atoms with Crippen LogP contribution in [0, 0.1) is 6.92 Å². The molecule has 0 atom stereocenters. The smallest absolute Gasteiger partial charge is 0.250 e. The minimum absolute atomic E-state index is 0.393. The molecule has 0 spiro atoms. The highest BCUT2D eigenvalue weighted by Crippen LogP contribution is 2.20. The number of rotatable bonds is 5. The van der Waals surface area contributed by atoms with E-state index < -0.39 is 5.91 Å².